The molecule has 1 saturated heterocycles. The van der Waals surface area contributed by atoms with Gasteiger partial charge < -0.3 is 10.0 Å². The van der Waals surface area contributed by atoms with E-state index in [1.807, 2.05) is 0 Å². The number of aromatic carboxylic acids is 1. The van der Waals surface area contributed by atoms with Gasteiger partial charge in [0.2, 0.25) is 5.95 Å². The number of benzene rings is 1. The summed E-state index contributed by atoms with van der Waals surface area (Å²) in [4.78, 5) is 18.7. The third kappa shape index (κ3) is 4.22. The number of halogens is 9. The summed E-state index contributed by atoms with van der Waals surface area (Å²) in [6, 6.07) is 2.00. The Morgan fingerprint density at radius 3 is 2.16 bits per heavy atom. The van der Waals surface area contributed by atoms with Crippen molar-refractivity contribution in [2.45, 2.75) is 24.2 Å². The van der Waals surface area contributed by atoms with Crippen LogP contribution in [-0.2, 0) is 11.6 Å². The van der Waals surface area contributed by atoms with E-state index in [-0.39, 0.29) is 27.2 Å². The first-order chi connectivity index (χ1) is 14.2. The Hall–Kier alpha value is -1.98. The van der Waals surface area contributed by atoms with Gasteiger partial charge in [0.15, 0.2) is 5.69 Å². The molecule has 0 amide bonds. The summed E-state index contributed by atoms with van der Waals surface area (Å²) in [5, 5.41) is 8.35. The van der Waals surface area contributed by atoms with Crippen molar-refractivity contribution in [3.05, 3.63) is 50.2 Å². The van der Waals surface area contributed by atoms with E-state index in [0.717, 1.165) is 17.0 Å². The van der Waals surface area contributed by atoms with Gasteiger partial charge in [-0.25, -0.2) is 14.8 Å². The van der Waals surface area contributed by atoms with Gasteiger partial charge in [0.25, 0.3) is 0 Å². The van der Waals surface area contributed by atoms with Gasteiger partial charge in [-0.3, -0.25) is 0 Å². The van der Waals surface area contributed by atoms with E-state index in [0.29, 0.717) is 6.20 Å². The average molecular weight is 509 g/mol. The lowest BCUT2D eigenvalue weighted by Crippen LogP contribution is -2.45. The maximum Gasteiger partial charge on any atom is 0.434 e. The van der Waals surface area contributed by atoms with Crippen molar-refractivity contribution in [1.82, 2.24) is 9.97 Å². The van der Waals surface area contributed by atoms with Crippen LogP contribution in [0.1, 0.15) is 28.0 Å². The summed E-state index contributed by atoms with van der Waals surface area (Å²) in [7, 11) is 0. The molecule has 2 heterocycles. The van der Waals surface area contributed by atoms with Crippen molar-refractivity contribution >= 4 is 46.7 Å². The number of alkyl halides is 6. The molecule has 5 nitrogen and oxygen atoms in total. The second kappa shape index (κ2) is 7.86. The van der Waals surface area contributed by atoms with Gasteiger partial charge in [-0.15, -0.1) is 0 Å². The second-order valence-corrected chi connectivity index (χ2v) is 7.93. The lowest BCUT2D eigenvalue weighted by molar-refractivity contribution is -0.184. The highest BCUT2D eigenvalue weighted by Crippen LogP contribution is 2.50. The summed E-state index contributed by atoms with van der Waals surface area (Å²) in [6.45, 7) is -1.20. The van der Waals surface area contributed by atoms with Gasteiger partial charge >= 0.3 is 18.3 Å². The molecule has 1 aromatic heterocycles. The molecule has 14 heteroatoms. The lowest BCUT2D eigenvalue weighted by Gasteiger charge is -2.32. The Labute approximate surface area is 185 Å². The molecule has 168 valence electrons. The molecule has 1 atom stereocenters. The third-order valence-corrected chi connectivity index (χ3v) is 6.10. The molecule has 0 radical (unpaired) electrons. The van der Waals surface area contributed by atoms with E-state index in [4.69, 9.17) is 39.9 Å². The number of carbonyl (C=O) groups is 1. The second-order valence-electron chi connectivity index (χ2n) is 6.74. The van der Waals surface area contributed by atoms with Crippen LogP contribution in [0.25, 0.3) is 0 Å². The van der Waals surface area contributed by atoms with Crippen molar-refractivity contribution in [3.8, 4) is 0 Å². The van der Waals surface area contributed by atoms with E-state index in [1.165, 1.54) is 0 Å². The van der Waals surface area contributed by atoms with Crippen LogP contribution in [0, 0.1) is 0 Å². The molecule has 0 aliphatic carbocycles. The molecule has 0 bridgehead atoms. The fraction of sp³-hybridized carbons (Fsp3) is 0.353. The normalized spacial score (nSPS) is 19.7. The number of aromatic nitrogens is 2. The van der Waals surface area contributed by atoms with Crippen LogP contribution in [0.3, 0.4) is 0 Å². The van der Waals surface area contributed by atoms with Gasteiger partial charge in [-0.2, -0.15) is 26.3 Å². The van der Waals surface area contributed by atoms with Crippen molar-refractivity contribution in [1.29, 1.82) is 0 Å². The van der Waals surface area contributed by atoms with Crippen molar-refractivity contribution in [2.24, 2.45) is 0 Å². The SMILES string of the molecule is O=C(O)c1cnc(N2CCC(c3cc(Cl)c(Cl)c(Cl)c3)(C(F)(F)F)C2)nc1C(F)(F)F. The number of hydrogen-bond acceptors (Lipinski definition) is 4. The molecule has 31 heavy (non-hydrogen) atoms. The molecule has 3 rings (SSSR count). The number of anilines is 1. The summed E-state index contributed by atoms with van der Waals surface area (Å²) in [5.74, 6) is -2.61. The molecule has 1 unspecified atom stereocenters. The van der Waals surface area contributed by atoms with Gasteiger partial charge in [0.05, 0.1) is 15.1 Å². The minimum absolute atomic E-state index is 0.137. The monoisotopic (exact) mass is 507 g/mol. The van der Waals surface area contributed by atoms with Gasteiger partial charge in [-0.1, -0.05) is 34.8 Å². The molecule has 0 spiro atoms. The zero-order valence-corrected chi connectivity index (χ0v) is 17.2. The molecule has 2 aromatic rings. The summed E-state index contributed by atoms with van der Waals surface area (Å²) >= 11 is 17.6. The fourth-order valence-electron chi connectivity index (χ4n) is 3.34. The molecular weight excluding hydrogens is 499 g/mol. The quantitative estimate of drug-likeness (QED) is 0.415. The Morgan fingerprint density at radius 1 is 1.10 bits per heavy atom. The number of rotatable bonds is 3. The van der Waals surface area contributed by atoms with Crippen LogP contribution in [-0.4, -0.2) is 40.3 Å². The maximum atomic E-state index is 14.1. The standard InChI is InChI=1S/C17H10Cl3F6N3O2/c18-9-3-7(4-10(19)11(9)20)15(17(24,25)26)1-2-29(6-15)14-27-5-8(13(30)31)12(28-14)16(21,22)23/h3-5H,1-2,6H2,(H,30,31). The third-order valence-electron chi connectivity index (χ3n) is 4.91. The van der Waals surface area contributed by atoms with Crippen LogP contribution >= 0.6 is 34.8 Å². The molecule has 1 aromatic carbocycles. The predicted octanol–water partition coefficient (Wildman–Crippen LogP) is 5.86. The van der Waals surface area contributed by atoms with Gasteiger partial charge in [-0.05, 0) is 24.1 Å². The van der Waals surface area contributed by atoms with E-state index in [1.54, 1.807) is 0 Å². The molecule has 1 aliphatic rings. The average Bonchev–Trinajstić information content (AvgIpc) is 3.11. The highest BCUT2D eigenvalue weighted by molar-refractivity contribution is 6.48. The van der Waals surface area contributed by atoms with E-state index < -0.39 is 53.9 Å². The number of carboxylic acids is 1. The van der Waals surface area contributed by atoms with Crippen LogP contribution in [0.2, 0.25) is 15.1 Å². The van der Waals surface area contributed by atoms with Crippen LogP contribution in [0.15, 0.2) is 18.3 Å². The van der Waals surface area contributed by atoms with Crippen molar-refractivity contribution < 1.29 is 36.2 Å². The van der Waals surface area contributed by atoms with Gasteiger partial charge in [0.1, 0.15) is 11.0 Å². The first kappa shape index (κ1) is 23.7. The number of nitrogens with zero attached hydrogens (tertiary/aromatic N) is 3. The zero-order valence-electron chi connectivity index (χ0n) is 15.0. The number of hydrogen-bond donors (Lipinski definition) is 1. The highest BCUT2D eigenvalue weighted by Gasteiger charge is 2.59. The predicted molar refractivity (Wildman–Crippen MR) is 100 cm³/mol. The maximum absolute atomic E-state index is 14.1. The lowest BCUT2D eigenvalue weighted by atomic mass is 9.79. The van der Waals surface area contributed by atoms with E-state index >= 15 is 0 Å². The first-order valence-electron chi connectivity index (χ1n) is 8.31. The largest absolute Gasteiger partial charge is 0.478 e. The number of carboxylic acid groups (broad SMARTS) is 1. The summed E-state index contributed by atoms with van der Waals surface area (Å²) in [6.07, 6.45) is -10.1. The van der Waals surface area contributed by atoms with E-state index in [9.17, 15) is 31.1 Å². The first-order valence-corrected chi connectivity index (χ1v) is 9.45. The van der Waals surface area contributed by atoms with Crippen molar-refractivity contribution in [2.75, 3.05) is 18.0 Å². The fourth-order valence-corrected chi connectivity index (χ4v) is 3.94. The molecule has 1 aliphatic heterocycles. The molecule has 1 fully saturated rings. The minimum atomic E-state index is -5.15. The Morgan fingerprint density at radius 2 is 1.68 bits per heavy atom. The Balaban J connectivity index is 2.08. The van der Waals surface area contributed by atoms with Crippen molar-refractivity contribution in [3.63, 3.8) is 0 Å². The van der Waals surface area contributed by atoms with Gasteiger partial charge in [0, 0.05) is 19.3 Å². The van der Waals surface area contributed by atoms with Crippen LogP contribution in [0.5, 0.6) is 0 Å². The molecule has 1 N–H and O–H groups in total. The summed E-state index contributed by atoms with van der Waals surface area (Å²) in [5.41, 5.74) is -5.83. The van der Waals surface area contributed by atoms with Crippen LogP contribution < -0.4 is 4.90 Å². The highest BCUT2D eigenvalue weighted by atomic mass is 35.5. The minimum Gasteiger partial charge on any atom is -0.478 e. The Bertz CT molecular complexity index is 1020. The van der Waals surface area contributed by atoms with E-state index in [2.05, 4.69) is 9.97 Å². The Kier molecular flexibility index (Phi) is 6.00. The summed E-state index contributed by atoms with van der Waals surface area (Å²) < 4.78 is 82.1. The molecular formula is C17H10Cl3F6N3O2. The molecule has 0 saturated carbocycles. The smallest absolute Gasteiger partial charge is 0.434 e. The zero-order chi connectivity index (χ0) is 23.4. The van der Waals surface area contributed by atoms with Crippen LogP contribution in [0.4, 0.5) is 32.3 Å². The topological polar surface area (TPSA) is 66.3 Å².